The Morgan fingerprint density at radius 3 is 2.72 bits per heavy atom. The fourth-order valence-corrected chi connectivity index (χ4v) is 3.15. The number of benzene rings is 2. The summed E-state index contributed by atoms with van der Waals surface area (Å²) in [6, 6.07) is 14.2. The highest BCUT2D eigenvalue weighted by molar-refractivity contribution is 6.30. The molecule has 3 rings (SSSR count). The third kappa shape index (κ3) is 5.16. The number of furan rings is 1. The number of carbonyl (C=O) groups excluding carboxylic acids is 2. The van der Waals surface area contributed by atoms with Gasteiger partial charge in [-0.1, -0.05) is 41.9 Å². The maximum Gasteiger partial charge on any atom is 0.375 e. The summed E-state index contributed by atoms with van der Waals surface area (Å²) in [5, 5.41) is 4.14. The maximum atomic E-state index is 12.5. The molecule has 0 saturated carbocycles. The third-order valence-electron chi connectivity index (χ3n) is 4.39. The van der Waals surface area contributed by atoms with Crippen molar-refractivity contribution in [2.75, 3.05) is 13.2 Å². The van der Waals surface area contributed by atoms with Crippen molar-refractivity contribution in [3.63, 3.8) is 0 Å². The summed E-state index contributed by atoms with van der Waals surface area (Å²) < 4.78 is 16.3. The van der Waals surface area contributed by atoms with Gasteiger partial charge in [-0.05, 0) is 37.6 Å². The first-order valence-corrected chi connectivity index (χ1v) is 9.67. The van der Waals surface area contributed by atoms with Gasteiger partial charge in [0.05, 0.1) is 12.6 Å². The van der Waals surface area contributed by atoms with Crippen molar-refractivity contribution in [3.05, 3.63) is 70.4 Å². The van der Waals surface area contributed by atoms with E-state index in [-0.39, 0.29) is 18.4 Å². The first kappa shape index (κ1) is 20.9. The average Bonchev–Trinajstić information content (AvgIpc) is 3.09. The number of carbonyl (C=O) groups is 2. The van der Waals surface area contributed by atoms with Gasteiger partial charge in [-0.25, -0.2) is 4.79 Å². The number of ether oxygens (including phenoxy) is 2. The van der Waals surface area contributed by atoms with E-state index in [0.717, 1.165) is 10.9 Å². The van der Waals surface area contributed by atoms with Crippen LogP contribution in [0.25, 0.3) is 11.0 Å². The van der Waals surface area contributed by atoms with E-state index in [1.807, 2.05) is 44.2 Å². The second-order valence-electron chi connectivity index (χ2n) is 6.46. The van der Waals surface area contributed by atoms with Crippen molar-refractivity contribution in [1.82, 2.24) is 5.32 Å². The zero-order valence-corrected chi connectivity index (χ0v) is 17.0. The summed E-state index contributed by atoms with van der Waals surface area (Å²) in [5.41, 5.74) is 2.03. The van der Waals surface area contributed by atoms with Gasteiger partial charge in [0.1, 0.15) is 5.58 Å². The predicted molar refractivity (Wildman–Crippen MR) is 110 cm³/mol. The number of hydrogen-bond acceptors (Lipinski definition) is 5. The van der Waals surface area contributed by atoms with Crippen LogP contribution >= 0.6 is 11.6 Å². The molecule has 152 valence electrons. The molecule has 1 atom stereocenters. The molecule has 0 spiro atoms. The zero-order chi connectivity index (χ0) is 20.8. The Morgan fingerprint density at radius 2 is 1.97 bits per heavy atom. The van der Waals surface area contributed by atoms with Gasteiger partial charge in [-0.3, -0.25) is 4.79 Å². The van der Waals surface area contributed by atoms with E-state index in [9.17, 15) is 9.59 Å². The normalized spacial score (nSPS) is 12.0. The minimum absolute atomic E-state index is 0.0512. The molecule has 0 unspecified atom stereocenters. The fraction of sp³-hybridized carbons (Fsp3) is 0.273. The van der Waals surface area contributed by atoms with Crippen molar-refractivity contribution in [2.45, 2.75) is 26.5 Å². The lowest BCUT2D eigenvalue weighted by Crippen LogP contribution is -2.31. The number of esters is 1. The van der Waals surface area contributed by atoms with Gasteiger partial charge >= 0.3 is 5.97 Å². The highest BCUT2D eigenvalue weighted by Gasteiger charge is 2.23. The Balaban J connectivity index is 1.65. The second-order valence-corrected chi connectivity index (χ2v) is 6.90. The molecule has 0 radical (unpaired) electrons. The van der Waals surface area contributed by atoms with Crippen LogP contribution in [0.1, 0.15) is 41.6 Å². The minimum atomic E-state index is -0.707. The van der Waals surface area contributed by atoms with E-state index in [2.05, 4.69) is 5.32 Å². The van der Waals surface area contributed by atoms with E-state index in [1.54, 1.807) is 18.2 Å². The molecule has 1 heterocycles. The molecule has 0 aliphatic rings. The van der Waals surface area contributed by atoms with Crippen LogP contribution in [0.3, 0.4) is 0 Å². The fourth-order valence-electron chi connectivity index (χ4n) is 2.95. The standard InChI is InChI=1S/C22H22ClNO5/c1-3-27-12-18-17-9-4-5-10-19(17)29-21(18)22(26)28-13-20(25)24-14(2)15-7-6-8-16(23)11-15/h4-11,14H,3,12-13H2,1-2H3,(H,24,25)/t14-/m1/s1. The number of para-hydroxylation sites is 1. The predicted octanol–water partition coefficient (Wildman–Crippen LogP) is 4.66. The Kier molecular flexibility index (Phi) is 6.90. The molecular formula is C22H22ClNO5. The SMILES string of the molecule is CCOCc1c(C(=O)OCC(=O)N[C@H](C)c2cccc(Cl)c2)oc2ccccc12. The molecule has 7 heteroatoms. The highest BCUT2D eigenvalue weighted by Crippen LogP contribution is 2.27. The van der Waals surface area contributed by atoms with E-state index in [0.29, 0.717) is 22.8 Å². The Bertz CT molecular complexity index is 1010. The van der Waals surface area contributed by atoms with Crippen molar-refractivity contribution in [3.8, 4) is 0 Å². The van der Waals surface area contributed by atoms with Crippen LogP contribution in [0.15, 0.2) is 52.9 Å². The monoisotopic (exact) mass is 415 g/mol. The van der Waals surface area contributed by atoms with Crippen molar-refractivity contribution in [2.24, 2.45) is 0 Å². The number of fused-ring (bicyclic) bond motifs is 1. The van der Waals surface area contributed by atoms with Gasteiger partial charge in [-0.2, -0.15) is 0 Å². The largest absolute Gasteiger partial charge is 0.450 e. The number of rotatable bonds is 8. The molecule has 0 fully saturated rings. The van der Waals surface area contributed by atoms with Crippen LogP contribution in [-0.2, 0) is 20.9 Å². The van der Waals surface area contributed by atoms with Crippen LogP contribution < -0.4 is 5.32 Å². The van der Waals surface area contributed by atoms with E-state index >= 15 is 0 Å². The van der Waals surface area contributed by atoms with Gasteiger partial charge in [0.15, 0.2) is 6.61 Å². The lowest BCUT2D eigenvalue weighted by Gasteiger charge is -2.14. The van der Waals surface area contributed by atoms with Gasteiger partial charge in [-0.15, -0.1) is 0 Å². The van der Waals surface area contributed by atoms with Crippen molar-refractivity contribution in [1.29, 1.82) is 0 Å². The molecule has 29 heavy (non-hydrogen) atoms. The number of hydrogen-bond donors (Lipinski definition) is 1. The lowest BCUT2D eigenvalue weighted by atomic mass is 10.1. The zero-order valence-electron chi connectivity index (χ0n) is 16.2. The molecular weight excluding hydrogens is 394 g/mol. The summed E-state index contributed by atoms with van der Waals surface area (Å²) in [4.78, 5) is 24.7. The molecule has 0 saturated heterocycles. The Hall–Kier alpha value is -2.83. The summed E-state index contributed by atoms with van der Waals surface area (Å²) in [6.45, 7) is 3.99. The average molecular weight is 416 g/mol. The van der Waals surface area contributed by atoms with Crippen LogP contribution in [0.2, 0.25) is 5.02 Å². The van der Waals surface area contributed by atoms with Crippen LogP contribution in [0.5, 0.6) is 0 Å². The first-order chi connectivity index (χ1) is 14.0. The van der Waals surface area contributed by atoms with Crippen LogP contribution in [0, 0.1) is 0 Å². The van der Waals surface area contributed by atoms with Crippen LogP contribution in [-0.4, -0.2) is 25.1 Å². The van der Waals surface area contributed by atoms with Crippen molar-refractivity contribution >= 4 is 34.4 Å². The summed E-state index contributed by atoms with van der Waals surface area (Å²) in [7, 11) is 0. The summed E-state index contributed by atoms with van der Waals surface area (Å²) in [5.74, 6) is -1.08. The smallest absolute Gasteiger partial charge is 0.375 e. The third-order valence-corrected chi connectivity index (χ3v) is 4.63. The molecule has 1 amide bonds. The Labute approximate surface area is 173 Å². The number of nitrogens with one attached hydrogen (secondary N) is 1. The summed E-state index contributed by atoms with van der Waals surface area (Å²) >= 11 is 5.98. The topological polar surface area (TPSA) is 77.8 Å². The highest BCUT2D eigenvalue weighted by atomic mass is 35.5. The molecule has 3 aromatic rings. The van der Waals surface area contributed by atoms with E-state index in [1.165, 1.54) is 0 Å². The molecule has 1 N–H and O–H groups in total. The van der Waals surface area contributed by atoms with Gasteiger partial charge in [0.25, 0.3) is 5.91 Å². The van der Waals surface area contributed by atoms with Gasteiger partial charge < -0.3 is 19.2 Å². The van der Waals surface area contributed by atoms with E-state index in [4.69, 9.17) is 25.5 Å². The van der Waals surface area contributed by atoms with Gasteiger partial charge in [0, 0.05) is 22.6 Å². The number of amides is 1. The van der Waals surface area contributed by atoms with Gasteiger partial charge in [0.2, 0.25) is 5.76 Å². The van der Waals surface area contributed by atoms with Crippen molar-refractivity contribution < 1.29 is 23.5 Å². The number of halogens is 1. The minimum Gasteiger partial charge on any atom is -0.450 e. The maximum absolute atomic E-state index is 12.5. The van der Waals surface area contributed by atoms with Crippen LogP contribution in [0.4, 0.5) is 0 Å². The quantitative estimate of drug-likeness (QED) is 0.541. The van der Waals surface area contributed by atoms with E-state index < -0.39 is 18.5 Å². The molecule has 0 bridgehead atoms. The first-order valence-electron chi connectivity index (χ1n) is 9.29. The molecule has 1 aromatic heterocycles. The Morgan fingerprint density at radius 1 is 1.17 bits per heavy atom. The lowest BCUT2D eigenvalue weighted by molar-refractivity contribution is -0.124. The molecule has 6 nitrogen and oxygen atoms in total. The molecule has 0 aliphatic carbocycles. The summed E-state index contributed by atoms with van der Waals surface area (Å²) in [6.07, 6.45) is 0. The molecule has 2 aromatic carbocycles. The molecule has 0 aliphatic heterocycles. The second kappa shape index (κ2) is 9.58.